The van der Waals surface area contributed by atoms with Crippen molar-refractivity contribution in [1.82, 2.24) is 4.31 Å². The zero-order valence-corrected chi connectivity index (χ0v) is 16.7. The quantitative estimate of drug-likeness (QED) is 0.463. The second-order valence-electron chi connectivity index (χ2n) is 6.80. The van der Waals surface area contributed by atoms with Crippen molar-refractivity contribution >= 4 is 21.0 Å². The van der Waals surface area contributed by atoms with E-state index in [4.69, 9.17) is 4.42 Å². The molecule has 0 N–H and O–H groups in total. The van der Waals surface area contributed by atoms with Crippen molar-refractivity contribution in [2.75, 3.05) is 0 Å². The monoisotopic (exact) mass is 423 g/mol. The van der Waals surface area contributed by atoms with Crippen LogP contribution in [-0.2, 0) is 23.1 Å². The van der Waals surface area contributed by atoms with Crippen LogP contribution in [0.15, 0.2) is 99.2 Å². The molecule has 0 amide bonds. The number of rotatable bonds is 6. The number of benzene rings is 3. The summed E-state index contributed by atoms with van der Waals surface area (Å²) in [6, 6.07) is 20.4. The van der Waals surface area contributed by atoms with Crippen LogP contribution in [0.25, 0.3) is 11.0 Å². The van der Waals surface area contributed by atoms with E-state index in [9.17, 15) is 17.6 Å². The summed E-state index contributed by atoms with van der Waals surface area (Å²) in [5, 5.41) is 0.383. The number of nitrogens with zero attached hydrogens (tertiary/aromatic N) is 1. The van der Waals surface area contributed by atoms with Crippen LogP contribution in [0.2, 0.25) is 0 Å². The van der Waals surface area contributed by atoms with E-state index in [-0.39, 0.29) is 29.0 Å². The maximum Gasteiger partial charge on any atom is 0.243 e. The van der Waals surface area contributed by atoms with Crippen LogP contribution in [0.1, 0.15) is 11.1 Å². The predicted molar refractivity (Wildman–Crippen MR) is 112 cm³/mol. The largest absolute Gasteiger partial charge is 0.464 e. The summed E-state index contributed by atoms with van der Waals surface area (Å²) in [6.45, 7) is -0.203. The average molecular weight is 423 g/mol. The molecule has 4 aromatic rings. The molecular formula is C23H18FNO4S. The predicted octanol–water partition coefficient (Wildman–Crippen LogP) is 4.32. The zero-order chi connectivity index (χ0) is 21.1. The first-order chi connectivity index (χ1) is 14.4. The van der Waals surface area contributed by atoms with Crippen molar-refractivity contribution in [2.45, 2.75) is 18.0 Å². The Hall–Kier alpha value is -3.29. The van der Waals surface area contributed by atoms with E-state index in [1.165, 1.54) is 47.0 Å². The Balaban J connectivity index is 1.76. The lowest BCUT2D eigenvalue weighted by Crippen LogP contribution is -2.32. The van der Waals surface area contributed by atoms with E-state index in [1.54, 1.807) is 42.5 Å². The molecule has 0 aliphatic heterocycles. The molecule has 3 aromatic carbocycles. The highest BCUT2D eigenvalue weighted by molar-refractivity contribution is 7.89. The van der Waals surface area contributed by atoms with E-state index in [0.717, 1.165) is 0 Å². The van der Waals surface area contributed by atoms with Gasteiger partial charge in [-0.3, -0.25) is 4.79 Å². The Morgan fingerprint density at radius 2 is 1.50 bits per heavy atom. The second-order valence-corrected chi connectivity index (χ2v) is 8.74. The van der Waals surface area contributed by atoms with Crippen molar-refractivity contribution < 1.29 is 17.2 Å². The maximum atomic E-state index is 13.3. The third-order valence-electron chi connectivity index (χ3n) is 4.75. The van der Waals surface area contributed by atoms with Crippen molar-refractivity contribution in [3.8, 4) is 0 Å². The lowest BCUT2D eigenvalue weighted by atomic mass is 10.1. The smallest absolute Gasteiger partial charge is 0.243 e. The molecule has 0 aliphatic rings. The van der Waals surface area contributed by atoms with Gasteiger partial charge in [-0.05, 0) is 42.0 Å². The fourth-order valence-corrected chi connectivity index (χ4v) is 4.61. The molecule has 0 bridgehead atoms. The van der Waals surface area contributed by atoms with Gasteiger partial charge in [-0.2, -0.15) is 4.31 Å². The minimum Gasteiger partial charge on any atom is -0.464 e. The molecule has 4 rings (SSSR count). The molecular weight excluding hydrogens is 405 g/mol. The van der Waals surface area contributed by atoms with Crippen molar-refractivity contribution in [3.63, 3.8) is 0 Å². The van der Waals surface area contributed by atoms with E-state index >= 15 is 0 Å². The second kappa shape index (κ2) is 8.22. The van der Waals surface area contributed by atoms with Gasteiger partial charge in [-0.1, -0.05) is 42.5 Å². The molecule has 7 heteroatoms. The van der Waals surface area contributed by atoms with Crippen LogP contribution in [0.3, 0.4) is 0 Å². The van der Waals surface area contributed by atoms with E-state index in [1.807, 2.05) is 0 Å². The molecule has 0 aliphatic carbocycles. The van der Waals surface area contributed by atoms with Gasteiger partial charge >= 0.3 is 0 Å². The number of fused-ring (bicyclic) bond motifs is 1. The fraction of sp³-hybridized carbons (Fsp3) is 0.0870. The number of para-hydroxylation sites is 1. The Morgan fingerprint density at radius 3 is 2.23 bits per heavy atom. The molecule has 1 heterocycles. The Labute approximate surface area is 173 Å². The molecule has 0 saturated heterocycles. The molecule has 0 spiro atoms. The Bertz CT molecular complexity index is 1330. The first-order valence-corrected chi connectivity index (χ1v) is 10.7. The van der Waals surface area contributed by atoms with Crippen LogP contribution in [-0.4, -0.2) is 12.7 Å². The van der Waals surface area contributed by atoms with E-state index in [0.29, 0.717) is 16.5 Å². The highest BCUT2D eigenvalue weighted by Gasteiger charge is 2.26. The molecule has 0 saturated carbocycles. The van der Waals surface area contributed by atoms with Crippen molar-refractivity contribution in [1.29, 1.82) is 0 Å². The first-order valence-electron chi connectivity index (χ1n) is 9.24. The molecule has 0 atom stereocenters. The van der Waals surface area contributed by atoms with Gasteiger partial charge in [0, 0.05) is 13.1 Å². The standard InChI is InChI=1S/C23H18FNO4S/c24-19-12-10-17(11-13-19)14-25(30(27,28)20-6-2-1-3-7-20)15-18-16-29-22-9-5-4-8-21(22)23(18)26/h1-13,16H,14-15H2. The highest BCUT2D eigenvalue weighted by Crippen LogP contribution is 2.21. The first kappa shape index (κ1) is 20.0. The van der Waals surface area contributed by atoms with Gasteiger partial charge < -0.3 is 4.42 Å². The molecule has 30 heavy (non-hydrogen) atoms. The van der Waals surface area contributed by atoms with Gasteiger partial charge in [0.15, 0.2) is 5.43 Å². The average Bonchev–Trinajstić information content (AvgIpc) is 2.77. The summed E-state index contributed by atoms with van der Waals surface area (Å²) < 4.78 is 46.6. The summed E-state index contributed by atoms with van der Waals surface area (Å²) in [6.07, 6.45) is 1.29. The number of hydrogen-bond donors (Lipinski definition) is 0. The lowest BCUT2D eigenvalue weighted by Gasteiger charge is -2.22. The zero-order valence-electron chi connectivity index (χ0n) is 15.9. The minimum absolute atomic E-state index is 0.0240. The normalized spacial score (nSPS) is 11.8. The minimum atomic E-state index is -3.92. The van der Waals surface area contributed by atoms with Crippen molar-refractivity contribution in [3.05, 3.63) is 112 Å². The van der Waals surface area contributed by atoms with Crippen LogP contribution in [0, 0.1) is 5.82 Å². The van der Waals surface area contributed by atoms with Gasteiger partial charge in [-0.15, -0.1) is 0 Å². The molecule has 0 fully saturated rings. The Kier molecular flexibility index (Phi) is 5.48. The maximum absolute atomic E-state index is 13.3. The summed E-state index contributed by atoms with van der Waals surface area (Å²) in [7, 11) is -3.92. The van der Waals surface area contributed by atoms with Gasteiger partial charge in [0.2, 0.25) is 10.0 Å². The van der Waals surface area contributed by atoms with E-state index in [2.05, 4.69) is 0 Å². The number of hydrogen-bond acceptors (Lipinski definition) is 4. The van der Waals surface area contributed by atoms with E-state index < -0.39 is 15.8 Å². The molecule has 5 nitrogen and oxygen atoms in total. The summed E-state index contributed by atoms with van der Waals surface area (Å²) >= 11 is 0. The van der Waals surface area contributed by atoms with Gasteiger partial charge in [-0.25, -0.2) is 12.8 Å². The highest BCUT2D eigenvalue weighted by atomic mass is 32.2. The Morgan fingerprint density at radius 1 is 0.833 bits per heavy atom. The summed E-state index contributed by atoms with van der Waals surface area (Å²) in [5.41, 5.74) is 0.961. The fourth-order valence-electron chi connectivity index (χ4n) is 3.18. The van der Waals surface area contributed by atoms with Crippen LogP contribution < -0.4 is 5.43 Å². The van der Waals surface area contributed by atoms with Crippen LogP contribution in [0.5, 0.6) is 0 Å². The number of sulfonamides is 1. The van der Waals surface area contributed by atoms with Gasteiger partial charge in [0.1, 0.15) is 11.4 Å². The third-order valence-corrected chi connectivity index (χ3v) is 6.56. The summed E-state index contributed by atoms with van der Waals surface area (Å²) in [4.78, 5) is 13.0. The number of halogens is 1. The lowest BCUT2D eigenvalue weighted by molar-refractivity contribution is 0.396. The summed E-state index contributed by atoms with van der Waals surface area (Å²) in [5.74, 6) is -0.411. The van der Waals surface area contributed by atoms with Gasteiger partial charge in [0.25, 0.3) is 0 Å². The molecule has 1 aromatic heterocycles. The molecule has 0 unspecified atom stereocenters. The third kappa shape index (κ3) is 4.03. The SMILES string of the molecule is O=c1c(CN(Cc2ccc(F)cc2)S(=O)(=O)c2ccccc2)coc2ccccc12. The molecule has 152 valence electrons. The van der Waals surface area contributed by atoms with Crippen molar-refractivity contribution in [2.24, 2.45) is 0 Å². The van der Waals surface area contributed by atoms with Crippen LogP contribution in [0.4, 0.5) is 4.39 Å². The van der Waals surface area contributed by atoms with Gasteiger partial charge in [0.05, 0.1) is 22.1 Å². The molecule has 0 radical (unpaired) electrons. The van der Waals surface area contributed by atoms with Crippen LogP contribution >= 0.6 is 0 Å². The topological polar surface area (TPSA) is 67.6 Å².